The van der Waals surface area contributed by atoms with Crippen LogP contribution in [0.3, 0.4) is 0 Å². The molecule has 1 aromatic carbocycles. The van der Waals surface area contributed by atoms with Gasteiger partial charge in [-0.2, -0.15) is 13.2 Å². The molecule has 0 saturated heterocycles. The smallest absolute Gasteiger partial charge is 0.423 e. The Kier molecular flexibility index (Phi) is 6.71. The minimum absolute atomic E-state index is 0.00214. The lowest BCUT2D eigenvalue weighted by Gasteiger charge is -2.28. The Morgan fingerprint density at radius 1 is 1.28 bits per heavy atom. The molecule has 0 radical (unpaired) electrons. The number of alkyl halides is 3. The van der Waals surface area contributed by atoms with Crippen LogP contribution in [0.1, 0.15) is 18.5 Å². The van der Waals surface area contributed by atoms with Crippen LogP contribution in [-0.2, 0) is 20.1 Å². The molecule has 29 heavy (non-hydrogen) atoms. The number of hydrogen-bond donors (Lipinski definition) is 4. The highest BCUT2D eigenvalue weighted by atomic mass is 32.2. The number of carboxylic acid groups (broad SMARTS) is 1. The molecule has 3 atom stereocenters. The molecule has 0 bridgehead atoms. The maximum absolute atomic E-state index is 13.6. The van der Waals surface area contributed by atoms with Gasteiger partial charge in [0, 0.05) is 39.3 Å². The number of halogens is 3. The van der Waals surface area contributed by atoms with Crippen molar-refractivity contribution >= 4 is 15.7 Å². The summed E-state index contributed by atoms with van der Waals surface area (Å²) in [5, 5.41) is 22.4. The van der Waals surface area contributed by atoms with Gasteiger partial charge in [-0.15, -0.1) is 0 Å². The van der Waals surface area contributed by atoms with Crippen molar-refractivity contribution in [2.75, 3.05) is 11.5 Å². The van der Waals surface area contributed by atoms with Crippen LogP contribution in [0.2, 0.25) is 0 Å². The Morgan fingerprint density at radius 2 is 1.90 bits per heavy atom. The zero-order valence-electron chi connectivity index (χ0n) is 15.1. The molecule has 0 spiro atoms. The number of carbonyl (C=O) groups is 1. The number of hydrogen-bond acceptors (Lipinski definition) is 7. The summed E-state index contributed by atoms with van der Waals surface area (Å²) in [5.74, 6) is -2.71. The topological polar surface area (TPSA) is 150 Å². The van der Waals surface area contributed by atoms with Crippen molar-refractivity contribution in [1.29, 1.82) is 4.78 Å². The molecule has 0 aliphatic heterocycles. The molecule has 0 saturated carbocycles. The Labute approximate surface area is 164 Å². The van der Waals surface area contributed by atoms with E-state index in [1.165, 1.54) is 0 Å². The normalized spacial score (nSPS) is 17.3. The van der Waals surface area contributed by atoms with Crippen molar-refractivity contribution in [3.05, 3.63) is 42.1 Å². The number of nitrogens with zero attached hydrogens (tertiary/aromatic N) is 1. The molecule has 0 aliphatic carbocycles. The number of nitrogens with two attached hydrogens (primary N) is 1. The minimum Gasteiger partial charge on any atom is -0.480 e. The third kappa shape index (κ3) is 5.55. The second-order valence-electron chi connectivity index (χ2n) is 6.50. The molecule has 2 rings (SSSR count). The van der Waals surface area contributed by atoms with E-state index in [1.54, 1.807) is 30.3 Å². The largest absolute Gasteiger partial charge is 0.480 e. The van der Waals surface area contributed by atoms with Crippen LogP contribution in [0.15, 0.2) is 40.9 Å². The average Bonchev–Trinajstić information content (AvgIpc) is 3.14. The Balaban J connectivity index is 2.21. The number of nitrogens with one attached hydrogen (secondary N) is 1. The maximum Gasteiger partial charge on any atom is 0.423 e. The van der Waals surface area contributed by atoms with Gasteiger partial charge in [0.1, 0.15) is 11.7 Å². The fourth-order valence-electron chi connectivity index (χ4n) is 2.48. The van der Waals surface area contributed by atoms with Crippen molar-refractivity contribution in [3.63, 3.8) is 0 Å². The fourth-order valence-corrected chi connectivity index (χ4v) is 3.94. The third-order valence-electron chi connectivity index (χ3n) is 4.33. The predicted octanol–water partition coefficient (Wildman–Crippen LogP) is 2.33. The van der Waals surface area contributed by atoms with Gasteiger partial charge in [0.25, 0.3) is 0 Å². The van der Waals surface area contributed by atoms with Crippen molar-refractivity contribution in [3.8, 4) is 11.3 Å². The summed E-state index contributed by atoms with van der Waals surface area (Å²) in [6.45, 7) is 0. The van der Waals surface area contributed by atoms with Crippen LogP contribution >= 0.6 is 0 Å². The first kappa shape index (κ1) is 22.8. The molecule has 160 valence electrons. The van der Waals surface area contributed by atoms with Gasteiger partial charge in [0.05, 0.1) is 0 Å². The van der Waals surface area contributed by atoms with Crippen LogP contribution in [0.5, 0.6) is 0 Å². The number of carboxylic acids is 1. The van der Waals surface area contributed by atoms with Crippen LogP contribution in [0, 0.1) is 4.78 Å². The van der Waals surface area contributed by atoms with Crippen LogP contribution in [-0.4, -0.2) is 49.3 Å². The van der Waals surface area contributed by atoms with Gasteiger partial charge >= 0.3 is 12.1 Å². The number of aliphatic carboxylic acids is 1. The second kappa shape index (κ2) is 8.51. The van der Waals surface area contributed by atoms with Crippen LogP contribution < -0.4 is 5.73 Å². The van der Waals surface area contributed by atoms with Crippen LogP contribution in [0.4, 0.5) is 13.2 Å². The van der Waals surface area contributed by atoms with E-state index in [0.29, 0.717) is 5.56 Å². The van der Waals surface area contributed by atoms with Gasteiger partial charge < -0.3 is 20.5 Å². The Bertz CT molecular complexity index is 947. The average molecular weight is 435 g/mol. The lowest BCUT2D eigenvalue weighted by Crippen LogP contribution is -2.44. The molecule has 2 aromatic rings. The standard InChI is InChI=1S/C17H20F3N3O5S/c18-17(19,20)16(26,7-9-29(22,27)8-6-12(21)15(24)25)14-10-13(28-23-14)11-4-2-1-3-5-11/h1-5,10,12,22,26H,6-9,21H2,(H,24,25)/t12-,16?,29?/m0/s1. The molecule has 2 unspecified atom stereocenters. The molecule has 5 N–H and O–H groups in total. The molecular weight excluding hydrogens is 415 g/mol. The van der Waals surface area contributed by atoms with E-state index in [4.69, 9.17) is 20.1 Å². The molecule has 8 nitrogen and oxygen atoms in total. The van der Waals surface area contributed by atoms with E-state index in [2.05, 4.69) is 5.16 Å². The van der Waals surface area contributed by atoms with Crippen LogP contribution in [0.25, 0.3) is 11.3 Å². The van der Waals surface area contributed by atoms with Crippen molar-refractivity contribution in [1.82, 2.24) is 5.16 Å². The van der Waals surface area contributed by atoms with E-state index in [-0.39, 0.29) is 12.2 Å². The molecule has 1 aromatic heterocycles. The SMILES string of the molecule is N=S(=O)(CC[C@H](N)C(=O)O)CCC(O)(c1cc(-c2ccccc2)on1)C(F)(F)F. The first-order chi connectivity index (χ1) is 13.4. The first-order valence-electron chi connectivity index (χ1n) is 8.40. The summed E-state index contributed by atoms with van der Waals surface area (Å²) in [4.78, 5) is 10.7. The number of rotatable bonds is 9. The highest BCUT2D eigenvalue weighted by Crippen LogP contribution is 2.42. The summed E-state index contributed by atoms with van der Waals surface area (Å²) in [6.07, 6.45) is -6.63. The number of benzene rings is 1. The molecule has 0 amide bonds. The van der Waals surface area contributed by atoms with Gasteiger partial charge in [-0.25, -0.2) is 4.21 Å². The first-order valence-corrected chi connectivity index (χ1v) is 10.3. The quantitative estimate of drug-likeness (QED) is 0.472. The van der Waals surface area contributed by atoms with Gasteiger partial charge in [-0.05, 0) is 6.42 Å². The summed E-state index contributed by atoms with van der Waals surface area (Å²) >= 11 is 0. The molecular formula is C17H20F3N3O5S. The molecule has 12 heteroatoms. The predicted molar refractivity (Wildman–Crippen MR) is 97.3 cm³/mol. The second-order valence-corrected chi connectivity index (χ2v) is 8.94. The van der Waals surface area contributed by atoms with E-state index in [0.717, 1.165) is 6.07 Å². The van der Waals surface area contributed by atoms with Gasteiger partial charge in [-0.1, -0.05) is 35.5 Å². The van der Waals surface area contributed by atoms with E-state index in [1.807, 2.05) is 0 Å². The summed E-state index contributed by atoms with van der Waals surface area (Å²) < 4.78 is 65.7. The monoisotopic (exact) mass is 435 g/mol. The van der Waals surface area contributed by atoms with Crippen molar-refractivity contribution in [2.24, 2.45) is 5.73 Å². The van der Waals surface area contributed by atoms with E-state index in [9.17, 15) is 27.3 Å². The fraction of sp³-hybridized carbons (Fsp3) is 0.412. The van der Waals surface area contributed by atoms with Crippen molar-refractivity contribution in [2.45, 2.75) is 30.7 Å². The Morgan fingerprint density at radius 3 is 2.45 bits per heavy atom. The zero-order chi connectivity index (χ0) is 21.9. The number of aliphatic hydroxyl groups is 1. The summed E-state index contributed by atoms with van der Waals surface area (Å²) in [7, 11) is -3.62. The minimum atomic E-state index is -5.18. The number of aromatic nitrogens is 1. The lowest BCUT2D eigenvalue weighted by molar-refractivity contribution is -0.269. The maximum atomic E-state index is 13.6. The lowest BCUT2D eigenvalue weighted by atomic mass is 9.95. The van der Waals surface area contributed by atoms with Gasteiger partial charge in [0.15, 0.2) is 5.76 Å². The van der Waals surface area contributed by atoms with Gasteiger partial charge in [0.2, 0.25) is 5.60 Å². The zero-order valence-corrected chi connectivity index (χ0v) is 15.9. The molecule has 1 heterocycles. The molecule has 0 fully saturated rings. The van der Waals surface area contributed by atoms with E-state index >= 15 is 0 Å². The summed E-state index contributed by atoms with van der Waals surface area (Å²) in [6, 6.07) is 7.71. The molecule has 0 aliphatic rings. The van der Waals surface area contributed by atoms with E-state index < -0.39 is 57.1 Å². The third-order valence-corrected chi connectivity index (χ3v) is 6.09. The highest BCUT2D eigenvalue weighted by molar-refractivity contribution is 7.92. The Hall–Kier alpha value is -2.44. The summed E-state index contributed by atoms with van der Waals surface area (Å²) in [5.41, 5.74) is 1.41. The van der Waals surface area contributed by atoms with Crippen molar-refractivity contribution < 1.29 is 36.9 Å². The highest BCUT2D eigenvalue weighted by Gasteiger charge is 2.57. The van der Waals surface area contributed by atoms with Gasteiger partial charge in [-0.3, -0.25) is 9.57 Å².